The summed E-state index contributed by atoms with van der Waals surface area (Å²) >= 11 is 16.1. The Labute approximate surface area is 135 Å². The lowest BCUT2D eigenvalue weighted by atomic mass is 9.74. The summed E-state index contributed by atoms with van der Waals surface area (Å²) in [5.74, 6) is 0.723. The monoisotopic (exact) mass is 362 g/mol. The molecule has 0 radical (unpaired) electrons. The molecule has 0 aromatic heterocycles. The van der Waals surface area contributed by atoms with E-state index in [9.17, 15) is 0 Å². The van der Waals surface area contributed by atoms with Crippen molar-refractivity contribution >= 4 is 39.1 Å². The molecule has 0 spiro atoms. The molecule has 3 heteroatoms. The van der Waals surface area contributed by atoms with Crippen LogP contribution in [0.15, 0.2) is 18.2 Å². The molecule has 0 bridgehead atoms. The Bertz CT molecular complexity index is 436. The lowest BCUT2D eigenvalue weighted by molar-refractivity contribution is 0.230. The van der Waals surface area contributed by atoms with Gasteiger partial charge >= 0.3 is 0 Å². The minimum absolute atomic E-state index is 0.375. The summed E-state index contributed by atoms with van der Waals surface area (Å²) in [5.41, 5.74) is 1.64. The van der Waals surface area contributed by atoms with Crippen molar-refractivity contribution in [1.82, 2.24) is 0 Å². The van der Waals surface area contributed by atoms with Crippen LogP contribution in [0, 0.1) is 11.3 Å². The molecule has 1 aliphatic rings. The van der Waals surface area contributed by atoms with Crippen LogP contribution in [0.5, 0.6) is 0 Å². The Morgan fingerprint density at radius 2 is 1.79 bits per heavy atom. The van der Waals surface area contributed by atoms with Gasteiger partial charge in [0.15, 0.2) is 0 Å². The van der Waals surface area contributed by atoms with Crippen LogP contribution in [-0.4, -0.2) is 0 Å². The molecule has 1 aromatic carbocycles. The van der Waals surface area contributed by atoms with Gasteiger partial charge < -0.3 is 0 Å². The summed E-state index contributed by atoms with van der Waals surface area (Å²) in [4.78, 5) is 0.375. The molecule has 0 nitrogen and oxygen atoms in total. The van der Waals surface area contributed by atoms with Crippen molar-refractivity contribution < 1.29 is 0 Å². The maximum Gasteiger partial charge on any atom is 0.0595 e. The minimum Gasteiger partial charge on any atom is -0.0833 e. The van der Waals surface area contributed by atoms with E-state index in [0.29, 0.717) is 20.3 Å². The first kappa shape index (κ1) is 15.7. The topological polar surface area (TPSA) is 0 Å². The first-order valence-corrected chi connectivity index (χ1v) is 8.71. The average Bonchev–Trinajstić information content (AvgIpc) is 2.80. The standard InChI is InChI=1S/C16H21BrCl2/c1-11(2)10-16(7-3-4-8-16)15(17)12-5-6-13(18)14(19)9-12/h5-6,9,11,15H,3-4,7-8,10H2,1-2H3. The Morgan fingerprint density at radius 3 is 2.32 bits per heavy atom. The lowest BCUT2D eigenvalue weighted by Gasteiger charge is -2.36. The van der Waals surface area contributed by atoms with Crippen LogP contribution in [0.1, 0.15) is 56.3 Å². The second-order valence-electron chi connectivity index (χ2n) is 6.20. The third-order valence-electron chi connectivity index (χ3n) is 4.19. The number of hydrogen-bond donors (Lipinski definition) is 0. The van der Waals surface area contributed by atoms with Crippen LogP contribution in [0.2, 0.25) is 10.0 Å². The largest absolute Gasteiger partial charge is 0.0833 e. The molecule has 0 amide bonds. The van der Waals surface area contributed by atoms with Crippen LogP contribution < -0.4 is 0 Å². The van der Waals surface area contributed by atoms with Gasteiger partial charge in [0, 0.05) is 4.83 Å². The number of hydrogen-bond acceptors (Lipinski definition) is 0. The highest BCUT2D eigenvalue weighted by Gasteiger charge is 2.41. The first-order valence-electron chi connectivity index (χ1n) is 7.04. The molecule has 1 atom stereocenters. The van der Waals surface area contributed by atoms with Gasteiger partial charge in [0.1, 0.15) is 0 Å². The highest BCUT2D eigenvalue weighted by molar-refractivity contribution is 9.09. The van der Waals surface area contributed by atoms with Gasteiger partial charge in [-0.3, -0.25) is 0 Å². The van der Waals surface area contributed by atoms with E-state index in [-0.39, 0.29) is 0 Å². The van der Waals surface area contributed by atoms with E-state index in [0.717, 1.165) is 5.92 Å². The van der Waals surface area contributed by atoms with Gasteiger partial charge in [-0.25, -0.2) is 0 Å². The third kappa shape index (κ3) is 3.49. The van der Waals surface area contributed by atoms with Crippen molar-refractivity contribution in [2.45, 2.75) is 50.8 Å². The van der Waals surface area contributed by atoms with Crippen molar-refractivity contribution in [2.24, 2.45) is 11.3 Å². The summed E-state index contributed by atoms with van der Waals surface area (Å²) in [6.45, 7) is 4.63. The van der Waals surface area contributed by atoms with Crippen molar-refractivity contribution in [3.63, 3.8) is 0 Å². The SMILES string of the molecule is CC(C)CC1(C(Br)c2ccc(Cl)c(Cl)c2)CCCC1. The van der Waals surface area contributed by atoms with Crippen molar-refractivity contribution in [1.29, 1.82) is 0 Å². The number of alkyl halides is 1. The molecule has 19 heavy (non-hydrogen) atoms. The first-order chi connectivity index (χ1) is 8.94. The van der Waals surface area contributed by atoms with Gasteiger partial charge in [0.25, 0.3) is 0 Å². The predicted octanol–water partition coefficient (Wildman–Crippen LogP) is 7.04. The van der Waals surface area contributed by atoms with Crippen molar-refractivity contribution in [3.05, 3.63) is 33.8 Å². The quantitative estimate of drug-likeness (QED) is 0.503. The summed E-state index contributed by atoms with van der Waals surface area (Å²) in [7, 11) is 0. The third-order valence-corrected chi connectivity index (χ3v) is 6.43. The van der Waals surface area contributed by atoms with E-state index in [1.165, 1.54) is 37.7 Å². The van der Waals surface area contributed by atoms with E-state index in [1.807, 2.05) is 12.1 Å². The minimum atomic E-state index is 0.375. The molecule has 1 aliphatic carbocycles. The van der Waals surface area contributed by atoms with Crippen LogP contribution in [0.3, 0.4) is 0 Å². The molecule has 1 fully saturated rings. The van der Waals surface area contributed by atoms with Gasteiger partial charge in [-0.1, -0.05) is 71.9 Å². The number of halogens is 3. The van der Waals surface area contributed by atoms with Crippen molar-refractivity contribution in [3.8, 4) is 0 Å². The molecule has 0 aliphatic heterocycles. The van der Waals surface area contributed by atoms with E-state index >= 15 is 0 Å². The van der Waals surface area contributed by atoms with Crippen molar-refractivity contribution in [2.75, 3.05) is 0 Å². The van der Waals surface area contributed by atoms with E-state index in [1.54, 1.807) is 0 Å². The fraction of sp³-hybridized carbons (Fsp3) is 0.625. The van der Waals surface area contributed by atoms with Gasteiger partial charge in [-0.15, -0.1) is 0 Å². The van der Waals surface area contributed by atoms with Gasteiger partial charge in [-0.05, 0) is 48.3 Å². The summed E-state index contributed by atoms with van der Waals surface area (Å²) < 4.78 is 0. The fourth-order valence-electron chi connectivity index (χ4n) is 3.48. The molecule has 1 unspecified atom stereocenters. The van der Waals surface area contributed by atoms with E-state index in [4.69, 9.17) is 23.2 Å². The summed E-state index contributed by atoms with van der Waals surface area (Å²) in [6.07, 6.45) is 6.57. The highest BCUT2D eigenvalue weighted by Crippen LogP contribution is 2.55. The van der Waals surface area contributed by atoms with Crippen LogP contribution >= 0.6 is 39.1 Å². The molecule has 2 rings (SSSR count). The Morgan fingerprint density at radius 1 is 1.16 bits per heavy atom. The smallest absolute Gasteiger partial charge is 0.0595 e. The average molecular weight is 364 g/mol. The molecule has 0 N–H and O–H groups in total. The Balaban J connectivity index is 2.28. The van der Waals surface area contributed by atoms with Crippen LogP contribution in [0.25, 0.3) is 0 Å². The summed E-state index contributed by atoms with van der Waals surface area (Å²) in [5, 5.41) is 1.29. The van der Waals surface area contributed by atoms with Crippen LogP contribution in [0.4, 0.5) is 0 Å². The zero-order valence-corrected chi connectivity index (χ0v) is 14.7. The van der Waals surface area contributed by atoms with E-state index < -0.39 is 0 Å². The molecule has 0 saturated heterocycles. The Kier molecular flexibility index (Phi) is 5.25. The predicted molar refractivity (Wildman–Crippen MR) is 88.5 cm³/mol. The maximum absolute atomic E-state index is 6.16. The van der Waals surface area contributed by atoms with Gasteiger partial charge in [0.05, 0.1) is 10.0 Å². The fourth-order valence-corrected chi connectivity index (χ4v) is 4.71. The highest BCUT2D eigenvalue weighted by atomic mass is 79.9. The van der Waals surface area contributed by atoms with E-state index in [2.05, 4.69) is 35.8 Å². The van der Waals surface area contributed by atoms with Gasteiger partial charge in [-0.2, -0.15) is 0 Å². The number of benzene rings is 1. The Hall–Kier alpha value is 0.280. The molecular formula is C16H21BrCl2. The number of rotatable bonds is 4. The second-order valence-corrected chi connectivity index (χ2v) is 7.93. The lowest BCUT2D eigenvalue weighted by Crippen LogP contribution is -2.24. The zero-order chi connectivity index (χ0) is 14.0. The van der Waals surface area contributed by atoms with Crippen LogP contribution in [-0.2, 0) is 0 Å². The second kappa shape index (κ2) is 6.37. The zero-order valence-electron chi connectivity index (χ0n) is 11.6. The van der Waals surface area contributed by atoms with Gasteiger partial charge in [0.2, 0.25) is 0 Å². The molecule has 0 heterocycles. The molecular weight excluding hydrogens is 343 g/mol. The molecule has 106 valence electrons. The normalized spacial score (nSPS) is 19.9. The molecule has 1 saturated carbocycles. The summed E-state index contributed by atoms with van der Waals surface area (Å²) in [6, 6.07) is 6.03. The maximum atomic E-state index is 6.16. The molecule has 1 aromatic rings.